The number of ether oxygens (including phenoxy) is 1. The normalized spacial score (nSPS) is 26.5. The molecule has 2 radical (unpaired) electrons. The van der Waals surface area contributed by atoms with Gasteiger partial charge in [-0.1, -0.05) is 24.3 Å². The lowest BCUT2D eigenvalue weighted by atomic mass is 9.99. The first kappa shape index (κ1) is 9.37. The number of benzene rings is 1. The molecule has 2 aliphatic rings. The number of hydrogen-bond acceptors (Lipinski definition) is 2. The van der Waals surface area contributed by atoms with Crippen LogP contribution in [-0.2, 0) is 11.2 Å². The van der Waals surface area contributed by atoms with Gasteiger partial charge >= 0.3 is 0 Å². The van der Waals surface area contributed by atoms with Crippen molar-refractivity contribution in [2.45, 2.75) is 25.5 Å². The minimum atomic E-state index is 0.276. The van der Waals surface area contributed by atoms with Crippen LogP contribution in [0.25, 0.3) is 0 Å². The summed E-state index contributed by atoms with van der Waals surface area (Å²) in [5.41, 5.74) is 2.64. The Labute approximate surface area is 90.8 Å². The first-order valence-corrected chi connectivity index (χ1v) is 5.66. The summed E-state index contributed by atoms with van der Waals surface area (Å²) in [6, 6.07) is 8.50. The largest absolute Gasteiger partial charge is 0.363 e. The summed E-state index contributed by atoms with van der Waals surface area (Å²) in [6.45, 7) is 5.40. The molecule has 1 aromatic rings. The zero-order chi connectivity index (χ0) is 10.1. The van der Waals surface area contributed by atoms with E-state index >= 15 is 0 Å². The van der Waals surface area contributed by atoms with Crippen LogP contribution in [0.5, 0.6) is 0 Å². The lowest BCUT2D eigenvalue weighted by molar-refractivity contribution is -0.00216. The van der Waals surface area contributed by atoms with Crippen LogP contribution in [0.2, 0.25) is 0 Å². The minimum Gasteiger partial charge on any atom is -0.363 e. The molecule has 2 heterocycles. The van der Waals surface area contributed by atoms with Gasteiger partial charge in [-0.3, -0.25) is 4.90 Å². The van der Waals surface area contributed by atoms with Crippen LogP contribution < -0.4 is 0 Å². The van der Waals surface area contributed by atoms with Crippen LogP contribution in [0, 0.1) is 6.54 Å². The molecule has 2 heteroatoms. The zero-order valence-corrected chi connectivity index (χ0v) is 8.78. The second-order valence-corrected chi connectivity index (χ2v) is 4.18. The van der Waals surface area contributed by atoms with Gasteiger partial charge in [-0.15, -0.1) is 0 Å². The Balaban J connectivity index is 1.76. The van der Waals surface area contributed by atoms with Crippen molar-refractivity contribution < 1.29 is 4.74 Å². The third-order valence-electron chi connectivity index (χ3n) is 3.16. The van der Waals surface area contributed by atoms with Crippen LogP contribution in [0.3, 0.4) is 0 Å². The summed E-state index contributed by atoms with van der Waals surface area (Å²) in [7, 11) is 0. The third kappa shape index (κ3) is 1.80. The van der Waals surface area contributed by atoms with Crippen molar-refractivity contribution in [1.82, 2.24) is 4.90 Å². The summed E-state index contributed by atoms with van der Waals surface area (Å²) in [5, 5.41) is 0. The third-order valence-corrected chi connectivity index (χ3v) is 3.16. The standard InChI is InChI=1S/C13H15NO/c1-2-5-12-10-14(8-7-11(12)4-1)13-6-3-9-15-13/h1-2,4-5,13H,3,6-9H2. The van der Waals surface area contributed by atoms with Gasteiger partial charge in [-0.05, 0) is 30.4 Å². The maximum absolute atomic E-state index is 5.67. The molecular weight excluding hydrogens is 186 g/mol. The summed E-state index contributed by atoms with van der Waals surface area (Å²) >= 11 is 0. The summed E-state index contributed by atoms with van der Waals surface area (Å²) in [4.78, 5) is 2.23. The van der Waals surface area contributed by atoms with Gasteiger partial charge < -0.3 is 4.74 Å². The van der Waals surface area contributed by atoms with Crippen molar-refractivity contribution in [3.63, 3.8) is 0 Å². The van der Waals surface area contributed by atoms with Gasteiger partial charge in [0.1, 0.15) is 6.23 Å². The Bertz CT molecular complexity index is 344. The second kappa shape index (κ2) is 3.95. The molecule has 0 amide bonds. The van der Waals surface area contributed by atoms with Crippen LogP contribution in [0.15, 0.2) is 24.3 Å². The Kier molecular flexibility index (Phi) is 2.47. The van der Waals surface area contributed by atoms with E-state index in [1.54, 1.807) is 0 Å². The van der Waals surface area contributed by atoms with Gasteiger partial charge in [-0.2, -0.15) is 0 Å². The van der Waals surface area contributed by atoms with E-state index in [0.717, 1.165) is 26.0 Å². The van der Waals surface area contributed by atoms with Crippen molar-refractivity contribution in [3.8, 4) is 0 Å². The van der Waals surface area contributed by atoms with E-state index < -0.39 is 0 Å². The van der Waals surface area contributed by atoms with E-state index in [1.165, 1.54) is 17.5 Å². The highest BCUT2D eigenvalue weighted by molar-refractivity contribution is 5.34. The maximum atomic E-state index is 5.67. The molecule has 1 unspecified atom stereocenters. The summed E-state index contributed by atoms with van der Waals surface area (Å²) in [6.07, 6.45) is 3.72. The molecule has 2 nitrogen and oxygen atoms in total. The fraction of sp³-hybridized carbons (Fsp3) is 0.462. The molecule has 0 aliphatic carbocycles. The highest BCUT2D eigenvalue weighted by Crippen LogP contribution is 2.26. The molecule has 78 valence electrons. The van der Waals surface area contributed by atoms with Crippen LogP contribution in [-0.4, -0.2) is 24.3 Å². The average Bonchev–Trinajstić information content (AvgIpc) is 2.82. The van der Waals surface area contributed by atoms with E-state index in [0.29, 0.717) is 0 Å². The van der Waals surface area contributed by atoms with Crippen molar-refractivity contribution in [1.29, 1.82) is 0 Å². The molecule has 1 saturated heterocycles. The van der Waals surface area contributed by atoms with Crippen molar-refractivity contribution in [3.05, 3.63) is 41.9 Å². The molecule has 2 aliphatic heterocycles. The number of nitrogens with zero attached hydrogens (tertiary/aromatic N) is 1. The van der Waals surface area contributed by atoms with E-state index in [2.05, 4.69) is 35.7 Å². The molecule has 0 aromatic heterocycles. The first-order chi connectivity index (χ1) is 7.43. The molecule has 0 N–H and O–H groups in total. The van der Waals surface area contributed by atoms with Crippen molar-refractivity contribution >= 4 is 0 Å². The molecule has 3 rings (SSSR count). The lowest BCUT2D eigenvalue weighted by Gasteiger charge is -2.31. The highest BCUT2D eigenvalue weighted by Gasteiger charge is 2.27. The molecule has 15 heavy (non-hydrogen) atoms. The van der Waals surface area contributed by atoms with Gasteiger partial charge in [0.05, 0.1) is 6.54 Å². The Hall–Kier alpha value is -0.860. The van der Waals surface area contributed by atoms with Gasteiger partial charge in [0, 0.05) is 13.2 Å². The Morgan fingerprint density at radius 2 is 2.27 bits per heavy atom. The summed E-state index contributed by atoms with van der Waals surface area (Å²) in [5.74, 6) is 0. The average molecular weight is 201 g/mol. The maximum Gasteiger partial charge on any atom is 0.111 e. The van der Waals surface area contributed by atoms with Crippen LogP contribution >= 0.6 is 0 Å². The molecule has 1 fully saturated rings. The zero-order valence-electron chi connectivity index (χ0n) is 8.78. The Morgan fingerprint density at radius 1 is 1.33 bits per heavy atom. The van der Waals surface area contributed by atoms with Crippen LogP contribution in [0.1, 0.15) is 24.0 Å². The van der Waals surface area contributed by atoms with E-state index in [1.807, 2.05) is 0 Å². The number of rotatable bonds is 1. The fourth-order valence-corrected chi connectivity index (χ4v) is 2.32. The van der Waals surface area contributed by atoms with Gasteiger partial charge in [-0.25, -0.2) is 0 Å². The molecule has 0 bridgehead atoms. The van der Waals surface area contributed by atoms with Crippen molar-refractivity contribution in [2.24, 2.45) is 0 Å². The SMILES string of the molecule is [C]1c2ccccc2CCN1C1CCCO1. The highest BCUT2D eigenvalue weighted by atomic mass is 16.5. The Morgan fingerprint density at radius 3 is 3.13 bits per heavy atom. The molecule has 0 spiro atoms. The second-order valence-electron chi connectivity index (χ2n) is 4.18. The van der Waals surface area contributed by atoms with E-state index in [-0.39, 0.29) is 6.23 Å². The lowest BCUT2D eigenvalue weighted by Crippen LogP contribution is -2.37. The smallest absolute Gasteiger partial charge is 0.111 e. The van der Waals surface area contributed by atoms with Gasteiger partial charge in [0.2, 0.25) is 0 Å². The minimum absolute atomic E-state index is 0.276. The van der Waals surface area contributed by atoms with E-state index in [9.17, 15) is 0 Å². The fourth-order valence-electron chi connectivity index (χ4n) is 2.32. The topological polar surface area (TPSA) is 12.5 Å². The number of hydrogen-bond donors (Lipinski definition) is 0. The van der Waals surface area contributed by atoms with Crippen LogP contribution in [0.4, 0.5) is 0 Å². The summed E-state index contributed by atoms with van der Waals surface area (Å²) < 4.78 is 5.67. The molecule has 0 saturated carbocycles. The molecule has 1 aromatic carbocycles. The molecular formula is C13H15NO. The van der Waals surface area contributed by atoms with E-state index in [4.69, 9.17) is 4.74 Å². The predicted molar refractivity (Wildman–Crippen MR) is 58.2 cm³/mol. The van der Waals surface area contributed by atoms with Gasteiger partial charge in [0.15, 0.2) is 0 Å². The van der Waals surface area contributed by atoms with Gasteiger partial charge in [0.25, 0.3) is 0 Å². The predicted octanol–water partition coefficient (Wildman–Crippen LogP) is 2.07. The number of fused-ring (bicyclic) bond motifs is 1. The molecule has 1 atom stereocenters. The monoisotopic (exact) mass is 201 g/mol. The van der Waals surface area contributed by atoms with Crippen molar-refractivity contribution in [2.75, 3.05) is 13.2 Å². The first-order valence-electron chi connectivity index (χ1n) is 5.66. The quantitative estimate of drug-likeness (QED) is 0.689.